The standard InChI is InChI=1S/C16H29NS/c1-4-5-6-7-8-9-12-17-16(14(2)3)15-11-10-13-18-15/h10-11,13-14,16-17H,4-9,12H2,1-3H3. The Morgan fingerprint density at radius 3 is 2.44 bits per heavy atom. The van der Waals surface area contributed by atoms with Gasteiger partial charge in [0.25, 0.3) is 0 Å². The maximum Gasteiger partial charge on any atom is 0.0438 e. The maximum atomic E-state index is 3.72. The van der Waals surface area contributed by atoms with Gasteiger partial charge in [-0.1, -0.05) is 58.9 Å². The molecule has 1 unspecified atom stereocenters. The van der Waals surface area contributed by atoms with E-state index in [-0.39, 0.29) is 0 Å². The van der Waals surface area contributed by atoms with Crippen LogP contribution in [0.3, 0.4) is 0 Å². The van der Waals surface area contributed by atoms with E-state index in [2.05, 4.69) is 43.6 Å². The van der Waals surface area contributed by atoms with Crippen molar-refractivity contribution in [2.75, 3.05) is 6.54 Å². The van der Waals surface area contributed by atoms with Crippen LogP contribution in [0.25, 0.3) is 0 Å². The number of rotatable bonds is 10. The molecular formula is C16H29NS. The highest BCUT2D eigenvalue weighted by Gasteiger charge is 2.15. The van der Waals surface area contributed by atoms with Crippen LogP contribution >= 0.6 is 11.3 Å². The van der Waals surface area contributed by atoms with Crippen molar-refractivity contribution in [2.24, 2.45) is 5.92 Å². The molecule has 0 aromatic carbocycles. The highest BCUT2D eigenvalue weighted by atomic mass is 32.1. The molecule has 1 rings (SSSR count). The molecule has 0 aliphatic carbocycles. The summed E-state index contributed by atoms with van der Waals surface area (Å²) in [6.45, 7) is 8.04. The third-order valence-corrected chi connectivity index (χ3v) is 4.37. The molecule has 1 atom stereocenters. The molecule has 0 aliphatic heterocycles. The van der Waals surface area contributed by atoms with Crippen molar-refractivity contribution in [3.05, 3.63) is 22.4 Å². The van der Waals surface area contributed by atoms with Crippen LogP contribution in [0.1, 0.15) is 70.2 Å². The monoisotopic (exact) mass is 267 g/mol. The summed E-state index contributed by atoms with van der Waals surface area (Å²) in [6, 6.07) is 4.95. The molecule has 0 bridgehead atoms. The zero-order chi connectivity index (χ0) is 13.2. The molecule has 0 radical (unpaired) electrons. The van der Waals surface area contributed by atoms with Gasteiger partial charge in [0.05, 0.1) is 0 Å². The van der Waals surface area contributed by atoms with Crippen molar-refractivity contribution in [1.82, 2.24) is 5.32 Å². The van der Waals surface area contributed by atoms with Crippen LogP contribution in [0.5, 0.6) is 0 Å². The van der Waals surface area contributed by atoms with Crippen LogP contribution in [0.15, 0.2) is 17.5 Å². The molecule has 1 heterocycles. The number of thiophene rings is 1. The maximum absolute atomic E-state index is 3.72. The molecule has 104 valence electrons. The van der Waals surface area contributed by atoms with Crippen LogP contribution in [0, 0.1) is 5.92 Å². The van der Waals surface area contributed by atoms with E-state index in [1.165, 1.54) is 43.4 Å². The van der Waals surface area contributed by atoms with Gasteiger partial charge in [0.15, 0.2) is 0 Å². The lowest BCUT2D eigenvalue weighted by molar-refractivity contribution is 0.410. The molecule has 0 spiro atoms. The highest BCUT2D eigenvalue weighted by Crippen LogP contribution is 2.25. The summed E-state index contributed by atoms with van der Waals surface area (Å²) in [5, 5.41) is 5.90. The Morgan fingerprint density at radius 2 is 1.83 bits per heavy atom. The zero-order valence-corrected chi connectivity index (χ0v) is 13.1. The fourth-order valence-corrected chi connectivity index (χ4v) is 3.27. The van der Waals surface area contributed by atoms with Crippen molar-refractivity contribution in [3.8, 4) is 0 Å². The molecule has 0 saturated heterocycles. The SMILES string of the molecule is CCCCCCCCNC(c1cccs1)C(C)C. The number of hydrogen-bond donors (Lipinski definition) is 1. The topological polar surface area (TPSA) is 12.0 Å². The Bertz CT molecular complexity index is 279. The predicted octanol–water partition coefficient (Wildman–Crippen LogP) is 5.40. The average Bonchev–Trinajstić information content (AvgIpc) is 2.85. The molecule has 1 nitrogen and oxygen atoms in total. The first-order valence-electron chi connectivity index (χ1n) is 7.52. The van der Waals surface area contributed by atoms with Crippen molar-refractivity contribution < 1.29 is 0 Å². The molecule has 0 fully saturated rings. The van der Waals surface area contributed by atoms with Crippen molar-refractivity contribution in [2.45, 2.75) is 65.3 Å². The van der Waals surface area contributed by atoms with Crippen molar-refractivity contribution >= 4 is 11.3 Å². The summed E-state index contributed by atoms with van der Waals surface area (Å²) in [6.07, 6.45) is 8.25. The third kappa shape index (κ3) is 6.01. The molecule has 1 aromatic rings. The van der Waals surface area contributed by atoms with Crippen molar-refractivity contribution in [3.63, 3.8) is 0 Å². The van der Waals surface area contributed by atoms with Crippen LogP contribution in [0.4, 0.5) is 0 Å². The molecule has 1 N–H and O–H groups in total. The smallest absolute Gasteiger partial charge is 0.0438 e. The first kappa shape index (κ1) is 15.7. The van der Waals surface area contributed by atoms with Crippen LogP contribution in [0.2, 0.25) is 0 Å². The quantitative estimate of drug-likeness (QED) is 0.560. The number of nitrogens with one attached hydrogen (secondary N) is 1. The molecule has 18 heavy (non-hydrogen) atoms. The van der Waals surface area contributed by atoms with E-state index in [0.29, 0.717) is 12.0 Å². The minimum atomic E-state index is 0.542. The molecule has 1 aromatic heterocycles. The largest absolute Gasteiger partial charge is 0.309 e. The fourth-order valence-electron chi connectivity index (χ4n) is 2.30. The van der Waals surface area contributed by atoms with Gasteiger partial charge in [0.1, 0.15) is 0 Å². The van der Waals surface area contributed by atoms with Crippen LogP contribution in [-0.2, 0) is 0 Å². The van der Waals surface area contributed by atoms with Crippen LogP contribution < -0.4 is 5.32 Å². The van der Waals surface area contributed by atoms with E-state index < -0.39 is 0 Å². The van der Waals surface area contributed by atoms with E-state index in [0.717, 1.165) is 6.54 Å². The van der Waals surface area contributed by atoms with Crippen molar-refractivity contribution in [1.29, 1.82) is 0 Å². The Morgan fingerprint density at radius 1 is 1.11 bits per heavy atom. The molecule has 2 heteroatoms. The number of unbranched alkanes of at least 4 members (excludes halogenated alkanes) is 5. The Kier molecular flexibility index (Phi) is 8.36. The summed E-state index contributed by atoms with van der Waals surface area (Å²) in [4.78, 5) is 1.48. The lowest BCUT2D eigenvalue weighted by Crippen LogP contribution is -2.25. The molecule has 0 amide bonds. The molecule has 0 saturated carbocycles. The molecule has 0 aliphatic rings. The Balaban J connectivity index is 2.15. The Hall–Kier alpha value is -0.340. The minimum Gasteiger partial charge on any atom is -0.309 e. The van der Waals surface area contributed by atoms with Gasteiger partial charge < -0.3 is 5.32 Å². The van der Waals surface area contributed by atoms with E-state index in [1.807, 2.05) is 11.3 Å². The lowest BCUT2D eigenvalue weighted by atomic mass is 10.0. The van der Waals surface area contributed by atoms with E-state index >= 15 is 0 Å². The summed E-state index contributed by atoms with van der Waals surface area (Å²) >= 11 is 1.87. The Labute approximate surface area is 117 Å². The van der Waals surface area contributed by atoms with E-state index in [1.54, 1.807) is 0 Å². The van der Waals surface area contributed by atoms with Gasteiger partial charge in [-0.3, -0.25) is 0 Å². The van der Waals surface area contributed by atoms with Gasteiger partial charge in [-0.2, -0.15) is 0 Å². The third-order valence-electron chi connectivity index (χ3n) is 3.41. The van der Waals surface area contributed by atoms with E-state index in [9.17, 15) is 0 Å². The zero-order valence-electron chi connectivity index (χ0n) is 12.2. The second-order valence-corrected chi connectivity index (χ2v) is 6.44. The van der Waals surface area contributed by atoms with Crippen LogP contribution in [-0.4, -0.2) is 6.54 Å². The number of hydrogen-bond acceptors (Lipinski definition) is 2. The minimum absolute atomic E-state index is 0.542. The summed E-state index contributed by atoms with van der Waals surface area (Å²) in [7, 11) is 0. The summed E-state index contributed by atoms with van der Waals surface area (Å²) in [5.41, 5.74) is 0. The highest BCUT2D eigenvalue weighted by molar-refractivity contribution is 7.10. The van der Waals surface area contributed by atoms with Gasteiger partial charge in [-0.25, -0.2) is 0 Å². The second kappa shape index (κ2) is 9.57. The first-order valence-corrected chi connectivity index (χ1v) is 8.40. The van der Waals surface area contributed by atoms with Gasteiger partial charge in [0.2, 0.25) is 0 Å². The van der Waals surface area contributed by atoms with Gasteiger partial charge in [0, 0.05) is 10.9 Å². The van der Waals surface area contributed by atoms with Gasteiger partial charge in [-0.05, 0) is 30.3 Å². The van der Waals surface area contributed by atoms with E-state index in [4.69, 9.17) is 0 Å². The average molecular weight is 267 g/mol. The van der Waals surface area contributed by atoms with Gasteiger partial charge >= 0.3 is 0 Å². The molecular weight excluding hydrogens is 238 g/mol. The predicted molar refractivity (Wildman–Crippen MR) is 83.3 cm³/mol. The fraction of sp³-hybridized carbons (Fsp3) is 0.750. The first-order chi connectivity index (χ1) is 8.75. The lowest BCUT2D eigenvalue weighted by Gasteiger charge is -2.21. The summed E-state index contributed by atoms with van der Waals surface area (Å²) < 4.78 is 0. The van der Waals surface area contributed by atoms with Gasteiger partial charge in [-0.15, -0.1) is 11.3 Å². The normalized spacial score (nSPS) is 13.1. The second-order valence-electron chi connectivity index (χ2n) is 5.46. The summed E-state index contributed by atoms with van der Waals surface area (Å²) in [5.74, 6) is 0.670.